The summed E-state index contributed by atoms with van der Waals surface area (Å²) in [5.41, 5.74) is 10.8. The van der Waals surface area contributed by atoms with Gasteiger partial charge in [0.1, 0.15) is 23.2 Å². The highest BCUT2D eigenvalue weighted by Crippen LogP contribution is 2.32. The highest BCUT2D eigenvalue weighted by atomic mass is 16.5. The van der Waals surface area contributed by atoms with Crippen LogP contribution in [0.1, 0.15) is 5.56 Å². The van der Waals surface area contributed by atoms with E-state index in [0.717, 1.165) is 28.1 Å². The molecule has 0 radical (unpaired) electrons. The fourth-order valence-electron chi connectivity index (χ4n) is 2.78. The van der Waals surface area contributed by atoms with Crippen LogP contribution in [0.15, 0.2) is 54.6 Å². The quantitative estimate of drug-likeness (QED) is 0.776. The molecule has 2 N–H and O–H groups in total. The predicted octanol–water partition coefficient (Wildman–Crippen LogP) is 3.94. The van der Waals surface area contributed by atoms with Crippen LogP contribution in [0.4, 0.5) is 11.5 Å². The van der Waals surface area contributed by atoms with Crippen LogP contribution in [-0.4, -0.2) is 26.2 Å². The van der Waals surface area contributed by atoms with Crippen LogP contribution >= 0.6 is 0 Å². The lowest BCUT2D eigenvalue weighted by molar-refractivity contribution is 0.415. The summed E-state index contributed by atoms with van der Waals surface area (Å²) in [5.74, 6) is 0.962. The van der Waals surface area contributed by atoms with Crippen LogP contribution in [0.5, 0.6) is 5.75 Å². The predicted molar refractivity (Wildman–Crippen MR) is 105 cm³/mol. The topological polar surface area (TPSA) is 75.2 Å². The summed E-state index contributed by atoms with van der Waals surface area (Å²) < 4.78 is 5.29. The minimum Gasteiger partial charge on any atom is -0.497 e. The summed E-state index contributed by atoms with van der Waals surface area (Å²) in [5, 5.41) is 9.55. The Labute approximate surface area is 153 Å². The lowest BCUT2D eigenvalue weighted by Gasteiger charge is -2.14. The first-order chi connectivity index (χ1) is 12.5. The van der Waals surface area contributed by atoms with Gasteiger partial charge in [-0.3, -0.25) is 0 Å². The average molecular weight is 344 g/mol. The number of nitrogens with zero attached hydrogens (tertiary/aromatic N) is 3. The van der Waals surface area contributed by atoms with Gasteiger partial charge in [-0.25, -0.2) is 4.98 Å². The third kappa shape index (κ3) is 3.31. The number of nitriles is 1. The Balaban J connectivity index is 2.15. The van der Waals surface area contributed by atoms with Crippen molar-refractivity contribution in [2.75, 3.05) is 31.8 Å². The van der Waals surface area contributed by atoms with Crippen LogP contribution < -0.4 is 15.4 Å². The lowest BCUT2D eigenvalue weighted by Crippen LogP contribution is -2.08. The first kappa shape index (κ1) is 17.3. The summed E-state index contributed by atoms with van der Waals surface area (Å²) >= 11 is 0. The number of nitrogen functional groups attached to an aromatic ring is 1. The van der Waals surface area contributed by atoms with E-state index in [1.54, 1.807) is 7.11 Å². The first-order valence-corrected chi connectivity index (χ1v) is 8.16. The summed E-state index contributed by atoms with van der Waals surface area (Å²) in [6.07, 6.45) is 0. The molecule has 0 unspecified atom stereocenters. The van der Waals surface area contributed by atoms with Crippen LogP contribution in [0.2, 0.25) is 0 Å². The van der Waals surface area contributed by atoms with Crippen LogP contribution in [0.25, 0.3) is 22.4 Å². The van der Waals surface area contributed by atoms with Crippen molar-refractivity contribution in [1.82, 2.24) is 4.98 Å². The van der Waals surface area contributed by atoms with Crippen molar-refractivity contribution in [2.24, 2.45) is 0 Å². The number of hydrogen-bond donors (Lipinski definition) is 1. The number of aromatic nitrogens is 1. The van der Waals surface area contributed by atoms with Gasteiger partial charge in [-0.05, 0) is 35.9 Å². The minimum absolute atomic E-state index is 0.222. The zero-order chi connectivity index (χ0) is 18.7. The van der Waals surface area contributed by atoms with Gasteiger partial charge in [0.05, 0.1) is 12.8 Å². The molecule has 130 valence electrons. The van der Waals surface area contributed by atoms with Gasteiger partial charge in [0, 0.05) is 30.9 Å². The molecule has 1 aromatic heterocycles. The normalized spacial score (nSPS) is 10.2. The number of pyridine rings is 1. The zero-order valence-corrected chi connectivity index (χ0v) is 15.0. The molecule has 5 heteroatoms. The smallest absolute Gasteiger partial charge is 0.142 e. The van der Waals surface area contributed by atoms with E-state index in [1.165, 1.54) is 0 Å². The van der Waals surface area contributed by atoms with E-state index in [9.17, 15) is 5.26 Å². The Morgan fingerprint density at radius 3 is 2.38 bits per heavy atom. The summed E-state index contributed by atoms with van der Waals surface area (Å²) in [6, 6.07) is 19.7. The van der Waals surface area contributed by atoms with Crippen molar-refractivity contribution in [2.45, 2.75) is 0 Å². The Hall–Kier alpha value is -3.52. The third-order valence-electron chi connectivity index (χ3n) is 4.22. The number of ether oxygens (including phenoxy) is 1. The van der Waals surface area contributed by atoms with E-state index in [4.69, 9.17) is 10.5 Å². The van der Waals surface area contributed by atoms with E-state index >= 15 is 0 Å². The standard InChI is InChI=1S/C21H20N4O/c1-25(2)16-9-7-14(8-10-16)18-12-20(24-21(23)19(18)13-22)15-5-4-6-17(11-15)26-3/h4-12H,1-3H3,(H2,23,24). The van der Waals surface area contributed by atoms with E-state index in [1.807, 2.05) is 73.6 Å². The second kappa shape index (κ2) is 7.16. The molecule has 0 aliphatic rings. The fourth-order valence-corrected chi connectivity index (χ4v) is 2.78. The molecule has 0 spiro atoms. The summed E-state index contributed by atoms with van der Waals surface area (Å²) in [4.78, 5) is 6.44. The number of benzene rings is 2. The molecule has 0 atom stereocenters. The molecular weight excluding hydrogens is 324 g/mol. The van der Waals surface area contributed by atoms with Gasteiger partial charge in [0.2, 0.25) is 0 Å². The van der Waals surface area contributed by atoms with Crippen LogP contribution in [0, 0.1) is 11.3 Å². The average Bonchev–Trinajstić information content (AvgIpc) is 2.67. The number of methoxy groups -OCH3 is 1. The Bertz CT molecular complexity index is 972. The van der Waals surface area contributed by atoms with Gasteiger partial charge in [-0.2, -0.15) is 5.26 Å². The number of rotatable bonds is 4. The van der Waals surface area contributed by atoms with Crippen molar-refractivity contribution in [3.8, 4) is 34.2 Å². The van der Waals surface area contributed by atoms with Gasteiger partial charge >= 0.3 is 0 Å². The monoisotopic (exact) mass is 344 g/mol. The van der Waals surface area contributed by atoms with E-state index in [0.29, 0.717) is 11.3 Å². The Morgan fingerprint density at radius 1 is 1.04 bits per heavy atom. The number of hydrogen-bond acceptors (Lipinski definition) is 5. The third-order valence-corrected chi connectivity index (χ3v) is 4.22. The fraction of sp³-hybridized carbons (Fsp3) is 0.143. The maximum Gasteiger partial charge on any atom is 0.142 e. The van der Waals surface area contributed by atoms with Crippen molar-refractivity contribution in [3.63, 3.8) is 0 Å². The van der Waals surface area contributed by atoms with Crippen molar-refractivity contribution < 1.29 is 4.74 Å². The van der Waals surface area contributed by atoms with Crippen LogP contribution in [-0.2, 0) is 0 Å². The summed E-state index contributed by atoms with van der Waals surface area (Å²) in [6.45, 7) is 0. The van der Waals surface area contributed by atoms with Crippen molar-refractivity contribution in [1.29, 1.82) is 5.26 Å². The molecule has 2 aromatic carbocycles. The number of nitrogens with two attached hydrogens (primary N) is 1. The Morgan fingerprint density at radius 2 is 1.77 bits per heavy atom. The van der Waals surface area contributed by atoms with Gasteiger partial charge < -0.3 is 15.4 Å². The molecule has 0 fully saturated rings. The SMILES string of the molecule is COc1cccc(-c2cc(-c3ccc(N(C)C)cc3)c(C#N)c(N)n2)c1. The maximum absolute atomic E-state index is 9.55. The second-order valence-electron chi connectivity index (χ2n) is 6.10. The molecule has 0 amide bonds. The van der Waals surface area contributed by atoms with E-state index in [2.05, 4.69) is 11.1 Å². The molecule has 0 bridgehead atoms. The minimum atomic E-state index is 0.222. The Kier molecular flexibility index (Phi) is 4.76. The van der Waals surface area contributed by atoms with Crippen LogP contribution in [0.3, 0.4) is 0 Å². The zero-order valence-electron chi connectivity index (χ0n) is 15.0. The van der Waals surface area contributed by atoms with E-state index in [-0.39, 0.29) is 5.82 Å². The van der Waals surface area contributed by atoms with Crippen molar-refractivity contribution in [3.05, 3.63) is 60.2 Å². The maximum atomic E-state index is 9.55. The lowest BCUT2D eigenvalue weighted by atomic mass is 9.98. The highest BCUT2D eigenvalue weighted by Gasteiger charge is 2.14. The molecule has 0 saturated carbocycles. The first-order valence-electron chi connectivity index (χ1n) is 8.16. The van der Waals surface area contributed by atoms with Gasteiger partial charge in [-0.15, -0.1) is 0 Å². The van der Waals surface area contributed by atoms with Gasteiger partial charge in [-0.1, -0.05) is 24.3 Å². The largest absolute Gasteiger partial charge is 0.497 e. The van der Waals surface area contributed by atoms with Crippen molar-refractivity contribution >= 4 is 11.5 Å². The highest BCUT2D eigenvalue weighted by molar-refractivity contribution is 5.81. The molecule has 5 nitrogen and oxygen atoms in total. The second-order valence-corrected chi connectivity index (χ2v) is 6.10. The molecule has 26 heavy (non-hydrogen) atoms. The molecule has 3 aromatic rings. The molecule has 0 saturated heterocycles. The number of anilines is 2. The molecular formula is C21H20N4O. The van der Waals surface area contributed by atoms with Gasteiger partial charge in [0.15, 0.2) is 0 Å². The molecule has 0 aliphatic heterocycles. The molecule has 0 aliphatic carbocycles. The molecule has 1 heterocycles. The van der Waals surface area contributed by atoms with E-state index < -0.39 is 0 Å². The molecule has 3 rings (SSSR count). The van der Waals surface area contributed by atoms with Gasteiger partial charge in [0.25, 0.3) is 0 Å². The summed E-state index contributed by atoms with van der Waals surface area (Å²) in [7, 11) is 5.60.